The lowest BCUT2D eigenvalue weighted by Gasteiger charge is -2.48. The van der Waals surface area contributed by atoms with Crippen molar-refractivity contribution in [2.75, 3.05) is 13.7 Å². The summed E-state index contributed by atoms with van der Waals surface area (Å²) in [7, 11) is 1.87. The first-order chi connectivity index (χ1) is 17.4. The lowest BCUT2D eigenvalue weighted by molar-refractivity contribution is -0.163. The molecule has 0 aliphatic heterocycles. The summed E-state index contributed by atoms with van der Waals surface area (Å²) in [5.41, 5.74) is 1.93. The number of nitrogens with zero attached hydrogens (tertiary/aromatic N) is 1. The highest BCUT2D eigenvalue weighted by Gasteiger charge is 2.65. The number of fused-ring (bicyclic) bond motifs is 2. The lowest BCUT2D eigenvalue weighted by atomic mass is 9.67. The largest absolute Gasteiger partial charge is 0.460 e. The van der Waals surface area contributed by atoms with Crippen molar-refractivity contribution in [3.63, 3.8) is 0 Å². The Morgan fingerprint density at radius 2 is 1.76 bits per heavy atom. The van der Waals surface area contributed by atoms with E-state index in [1.54, 1.807) is 0 Å². The van der Waals surface area contributed by atoms with E-state index in [0.29, 0.717) is 10.9 Å². The highest BCUT2D eigenvalue weighted by Crippen LogP contribution is 2.67. The molecule has 0 saturated heterocycles. The molecule has 202 valence electrons. The molecule has 0 N–H and O–H groups in total. The van der Waals surface area contributed by atoms with Crippen molar-refractivity contribution < 1.29 is 14.3 Å². The maximum absolute atomic E-state index is 13.5. The number of ether oxygens (including phenoxy) is 2. The highest BCUT2D eigenvalue weighted by molar-refractivity contribution is 6.30. The maximum Gasteiger partial charge on any atom is 0.311 e. The second kappa shape index (κ2) is 10.7. The Balaban J connectivity index is 1.80. The topological polar surface area (TPSA) is 38.8 Å². The van der Waals surface area contributed by atoms with Gasteiger partial charge >= 0.3 is 5.97 Å². The smallest absolute Gasteiger partial charge is 0.311 e. The molecule has 2 aromatic carbocycles. The molecule has 0 aromatic heterocycles. The molecule has 2 aliphatic rings. The van der Waals surface area contributed by atoms with Crippen LogP contribution in [0.4, 0.5) is 0 Å². The van der Waals surface area contributed by atoms with Gasteiger partial charge in [0.05, 0.1) is 12.0 Å². The third-order valence-corrected chi connectivity index (χ3v) is 9.47. The number of halogens is 1. The molecule has 0 heterocycles. The Morgan fingerprint density at radius 1 is 1.11 bits per heavy atom. The monoisotopic (exact) mass is 525 g/mol. The lowest BCUT2D eigenvalue weighted by Crippen LogP contribution is -2.51. The summed E-state index contributed by atoms with van der Waals surface area (Å²) in [6, 6.07) is 18.4. The van der Waals surface area contributed by atoms with Crippen molar-refractivity contribution >= 4 is 17.6 Å². The van der Waals surface area contributed by atoms with Crippen LogP contribution in [0.25, 0.3) is 0 Å². The SMILES string of the molecule is CO[C@@H]1C[C@H]2CC[C@]1(CN(Cc1ccccc1)[C@H](c1ccc(Cl)cc1)[C@H](C)C(=O)OC(C)(C)C)C2(C)C. The fraction of sp³-hybridized carbons (Fsp3) is 0.594. The molecule has 0 radical (unpaired) electrons. The van der Waals surface area contributed by atoms with Crippen LogP contribution in [0, 0.1) is 22.7 Å². The van der Waals surface area contributed by atoms with Crippen molar-refractivity contribution in [3.05, 3.63) is 70.7 Å². The minimum Gasteiger partial charge on any atom is -0.460 e. The van der Waals surface area contributed by atoms with Crippen LogP contribution in [-0.4, -0.2) is 36.2 Å². The number of carbonyl (C=O) groups is 1. The summed E-state index contributed by atoms with van der Waals surface area (Å²) in [5.74, 6) is 0.109. The zero-order valence-electron chi connectivity index (χ0n) is 23.6. The van der Waals surface area contributed by atoms with Gasteiger partial charge in [-0.05, 0) is 74.6 Å². The second-order valence-corrected chi connectivity index (χ2v) is 13.2. The molecule has 0 unspecified atom stereocenters. The second-order valence-electron chi connectivity index (χ2n) is 12.8. The average Bonchev–Trinajstić information content (AvgIpc) is 3.20. The first-order valence-corrected chi connectivity index (χ1v) is 14.0. The fourth-order valence-electron chi connectivity index (χ4n) is 7.13. The number of methoxy groups -OCH3 is 1. The van der Waals surface area contributed by atoms with Crippen LogP contribution in [-0.2, 0) is 20.8 Å². The third-order valence-electron chi connectivity index (χ3n) is 9.21. The van der Waals surface area contributed by atoms with E-state index in [9.17, 15) is 4.79 Å². The van der Waals surface area contributed by atoms with Gasteiger partial charge in [0.1, 0.15) is 5.60 Å². The number of benzene rings is 2. The predicted octanol–water partition coefficient (Wildman–Crippen LogP) is 7.70. The van der Waals surface area contributed by atoms with Crippen LogP contribution in [0.2, 0.25) is 5.02 Å². The van der Waals surface area contributed by atoms with Crippen molar-refractivity contribution in [2.24, 2.45) is 22.7 Å². The molecule has 0 spiro atoms. The number of rotatable bonds is 9. The van der Waals surface area contributed by atoms with Crippen LogP contribution in [0.1, 0.15) is 78.0 Å². The van der Waals surface area contributed by atoms with Crippen LogP contribution in [0.5, 0.6) is 0 Å². The normalized spacial score (nSPS) is 26.3. The van der Waals surface area contributed by atoms with Gasteiger partial charge in [-0.3, -0.25) is 9.69 Å². The van der Waals surface area contributed by atoms with E-state index in [1.807, 2.05) is 46.9 Å². The Kier molecular flexibility index (Phi) is 8.14. The molecular formula is C32H44ClNO3. The molecular weight excluding hydrogens is 482 g/mol. The van der Waals surface area contributed by atoms with Gasteiger partial charge in [-0.15, -0.1) is 0 Å². The fourth-order valence-corrected chi connectivity index (χ4v) is 7.26. The van der Waals surface area contributed by atoms with Crippen molar-refractivity contribution in [2.45, 2.75) is 85.1 Å². The molecule has 4 rings (SSSR count). The molecule has 5 heteroatoms. The summed E-state index contributed by atoms with van der Waals surface area (Å²) in [4.78, 5) is 16.1. The van der Waals surface area contributed by atoms with E-state index < -0.39 is 5.60 Å². The standard InChI is InChI=1S/C32H44ClNO3/c1-22(29(35)37-30(2,3)4)28(24-13-15-26(33)16-14-24)34(20-23-11-9-8-10-12-23)21-32-18-17-25(31(32,5)6)19-27(32)36-7/h8-16,22,25,27-28H,17-21H2,1-7H3/t22-,25+,27+,28-,32+/m0/s1. The van der Waals surface area contributed by atoms with Crippen molar-refractivity contribution in [1.82, 2.24) is 4.90 Å². The zero-order valence-corrected chi connectivity index (χ0v) is 24.3. The third kappa shape index (κ3) is 5.62. The quantitative estimate of drug-likeness (QED) is 0.314. The van der Waals surface area contributed by atoms with Crippen molar-refractivity contribution in [1.29, 1.82) is 0 Å². The molecule has 2 aromatic rings. The molecule has 5 atom stereocenters. The number of esters is 1. The molecule has 4 nitrogen and oxygen atoms in total. The summed E-state index contributed by atoms with van der Waals surface area (Å²) < 4.78 is 12.1. The molecule has 37 heavy (non-hydrogen) atoms. The van der Waals surface area contributed by atoms with Gasteiger partial charge in [-0.2, -0.15) is 0 Å². The van der Waals surface area contributed by atoms with Crippen LogP contribution in [0.3, 0.4) is 0 Å². The maximum atomic E-state index is 13.5. The zero-order chi connectivity index (χ0) is 27.0. The number of carbonyl (C=O) groups excluding carboxylic acids is 1. The van der Waals surface area contributed by atoms with Gasteiger partial charge in [-0.25, -0.2) is 0 Å². The Bertz CT molecular complexity index is 1060. The number of hydrogen-bond acceptors (Lipinski definition) is 4. The Labute approximate surface area is 228 Å². The average molecular weight is 526 g/mol. The first-order valence-electron chi connectivity index (χ1n) is 13.7. The molecule has 0 amide bonds. The Hall–Kier alpha value is -1.88. The highest BCUT2D eigenvalue weighted by atomic mass is 35.5. The summed E-state index contributed by atoms with van der Waals surface area (Å²) in [6.07, 6.45) is 3.69. The van der Waals surface area contributed by atoms with Crippen LogP contribution >= 0.6 is 11.6 Å². The molecule has 2 saturated carbocycles. The summed E-state index contributed by atoms with van der Waals surface area (Å²) in [5, 5.41) is 0.690. The van der Waals surface area contributed by atoms with Gasteiger partial charge < -0.3 is 9.47 Å². The van der Waals surface area contributed by atoms with E-state index in [4.69, 9.17) is 21.1 Å². The molecule has 2 bridgehead atoms. The predicted molar refractivity (Wildman–Crippen MR) is 150 cm³/mol. The van der Waals surface area contributed by atoms with Gasteiger partial charge in [0.2, 0.25) is 0 Å². The van der Waals surface area contributed by atoms with E-state index in [1.165, 1.54) is 12.0 Å². The minimum atomic E-state index is -0.550. The van der Waals surface area contributed by atoms with E-state index in [2.05, 4.69) is 61.2 Å². The van der Waals surface area contributed by atoms with Gasteiger partial charge in [-0.1, -0.05) is 74.8 Å². The summed E-state index contributed by atoms with van der Waals surface area (Å²) in [6.45, 7) is 14.2. The van der Waals surface area contributed by atoms with E-state index in [0.717, 1.165) is 31.5 Å². The Morgan fingerprint density at radius 3 is 2.32 bits per heavy atom. The summed E-state index contributed by atoms with van der Waals surface area (Å²) >= 11 is 6.30. The molecule has 2 fully saturated rings. The van der Waals surface area contributed by atoms with E-state index in [-0.39, 0.29) is 34.9 Å². The van der Waals surface area contributed by atoms with Crippen LogP contribution < -0.4 is 0 Å². The molecule has 2 aliphatic carbocycles. The van der Waals surface area contributed by atoms with E-state index >= 15 is 0 Å². The van der Waals surface area contributed by atoms with Crippen LogP contribution in [0.15, 0.2) is 54.6 Å². The first kappa shape index (κ1) is 28.1. The minimum absolute atomic E-state index is 0.0134. The van der Waals surface area contributed by atoms with Gasteiger partial charge in [0.15, 0.2) is 0 Å². The number of hydrogen-bond donors (Lipinski definition) is 0. The van der Waals surface area contributed by atoms with Gasteiger partial charge in [0, 0.05) is 36.7 Å². The van der Waals surface area contributed by atoms with Gasteiger partial charge in [0.25, 0.3) is 0 Å². The van der Waals surface area contributed by atoms with Crippen molar-refractivity contribution in [3.8, 4) is 0 Å².